The lowest BCUT2D eigenvalue weighted by atomic mass is 10.1. The Bertz CT molecular complexity index is 489. The van der Waals surface area contributed by atoms with Gasteiger partial charge in [-0.25, -0.2) is 0 Å². The first-order chi connectivity index (χ1) is 8.59. The number of ether oxygens (including phenoxy) is 1. The molecule has 0 aromatic carbocycles. The third kappa shape index (κ3) is 2.61. The average molecular weight is 250 g/mol. The molecule has 1 fully saturated rings. The Balaban J connectivity index is 2.10. The topological polar surface area (TPSA) is 51.5 Å². The molecule has 0 aliphatic carbocycles. The number of carbonyl (C=O) groups is 1. The number of nitrogens with zero attached hydrogens (tertiary/aromatic N) is 2. The van der Waals surface area contributed by atoms with Crippen molar-refractivity contribution in [2.24, 2.45) is 13.0 Å². The normalized spacial score (nSPS) is 18.9. The molecule has 1 aromatic rings. The molecular formula is C13H18N2O3. The number of hydrogen-bond donors (Lipinski definition) is 0. The van der Waals surface area contributed by atoms with Crippen LogP contribution in [0.3, 0.4) is 0 Å². The minimum Gasteiger partial charge on any atom is -0.381 e. The van der Waals surface area contributed by atoms with Gasteiger partial charge in [-0.1, -0.05) is 0 Å². The summed E-state index contributed by atoms with van der Waals surface area (Å²) in [5.74, 6) is 0.162. The smallest absolute Gasteiger partial charge is 0.263 e. The molecule has 5 heteroatoms. The second kappa shape index (κ2) is 5.35. The Morgan fingerprint density at radius 2 is 2.39 bits per heavy atom. The van der Waals surface area contributed by atoms with Crippen molar-refractivity contribution in [1.29, 1.82) is 0 Å². The van der Waals surface area contributed by atoms with Gasteiger partial charge in [0.05, 0.1) is 6.61 Å². The lowest BCUT2D eigenvalue weighted by molar-refractivity contribution is 0.0763. The highest BCUT2D eigenvalue weighted by molar-refractivity contribution is 5.93. The van der Waals surface area contributed by atoms with Crippen LogP contribution >= 0.6 is 0 Å². The van der Waals surface area contributed by atoms with Gasteiger partial charge in [-0.3, -0.25) is 9.59 Å². The van der Waals surface area contributed by atoms with E-state index in [1.54, 1.807) is 37.3 Å². The van der Waals surface area contributed by atoms with Gasteiger partial charge < -0.3 is 14.2 Å². The molecular weight excluding hydrogens is 232 g/mol. The quantitative estimate of drug-likeness (QED) is 0.784. The van der Waals surface area contributed by atoms with Crippen molar-refractivity contribution in [3.8, 4) is 0 Å². The summed E-state index contributed by atoms with van der Waals surface area (Å²) in [6.07, 6.45) is 2.62. The van der Waals surface area contributed by atoms with Gasteiger partial charge in [0, 0.05) is 39.4 Å². The first-order valence-corrected chi connectivity index (χ1v) is 6.08. The molecule has 1 aromatic heterocycles. The van der Waals surface area contributed by atoms with Crippen molar-refractivity contribution >= 4 is 5.91 Å². The van der Waals surface area contributed by atoms with Crippen LogP contribution in [-0.2, 0) is 11.8 Å². The molecule has 1 unspecified atom stereocenters. The lowest BCUT2D eigenvalue weighted by Crippen LogP contribution is -2.36. The van der Waals surface area contributed by atoms with Gasteiger partial charge in [0.2, 0.25) is 0 Å². The van der Waals surface area contributed by atoms with Crippen molar-refractivity contribution in [2.45, 2.75) is 6.42 Å². The van der Waals surface area contributed by atoms with Crippen LogP contribution in [0.25, 0.3) is 0 Å². The molecule has 0 bridgehead atoms. The van der Waals surface area contributed by atoms with Crippen LogP contribution in [0, 0.1) is 5.92 Å². The second-order valence-corrected chi connectivity index (χ2v) is 4.75. The van der Waals surface area contributed by atoms with Gasteiger partial charge in [-0.05, 0) is 18.6 Å². The summed E-state index contributed by atoms with van der Waals surface area (Å²) >= 11 is 0. The van der Waals surface area contributed by atoms with Crippen molar-refractivity contribution < 1.29 is 9.53 Å². The van der Waals surface area contributed by atoms with E-state index in [0.29, 0.717) is 19.1 Å². The van der Waals surface area contributed by atoms with E-state index in [1.807, 2.05) is 0 Å². The van der Waals surface area contributed by atoms with Crippen LogP contribution in [0.15, 0.2) is 23.1 Å². The molecule has 0 spiro atoms. The van der Waals surface area contributed by atoms with Gasteiger partial charge in [-0.15, -0.1) is 0 Å². The molecule has 2 rings (SSSR count). The Morgan fingerprint density at radius 3 is 3.06 bits per heavy atom. The maximum atomic E-state index is 12.2. The summed E-state index contributed by atoms with van der Waals surface area (Å²) in [4.78, 5) is 25.6. The first-order valence-electron chi connectivity index (χ1n) is 6.08. The predicted molar refractivity (Wildman–Crippen MR) is 67.6 cm³/mol. The fraction of sp³-hybridized carbons (Fsp3) is 0.538. The second-order valence-electron chi connectivity index (χ2n) is 4.75. The van der Waals surface area contributed by atoms with Gasteiger partial charge in [0.15, 0.2) is 0 Å². The first kappa shape index (κ1) is 12.8. The molecule has 18 heavy (non-hydrogen) atoms. The molecule has 0 saturated carbocycles. The van der Waals surface area contributed by atoms with Crippen LogP contribution in [0.1, 0.15) is 16.8 Å². The number of amides is 1. The van der Waals surface area contributed by atoms with Crippen LogP contribution in [-0.4, -0.2) is 42.2 Å². The Hall–Kier alpha value is -1.62. The lowest BCUT2D eigenvalue weighted by Gasteiger charge is -2.20. The number of hydrogen-bond acceptors (Lipinski definition) is 3. The summed E-state index contributed by atoms with van der Waals surface area (Å²) in [6.45, 7) is 2.10. The number of pyridine rings is 1. The van der Waals surface area contributed by atoms with E-state index in [9.17, 15) is 9.59 Å². The third-order valence-corrected chi connectivity index (χ3v) is 3.26. The molecule has 1 aliphatic heterocycles. The highest BCUT2D eigenvalue weighted by Gasteiger charge is 2.22. The van der Waals surface area contributed by atoms with Crippen LogP contribution in [0.4, 0.5) is 0 Å². The van der Waals surface area contributed by atoms with Crippen LogP contribution < -0.4 is 5.56 Å². The van der Waals surface area contributed by atoms with Crippen LogP contribution in [0.2, 0.25) is 0 Å². The van der Waals surface area contributed by atoms with E-state index < -0.39 is 0 Å². The third-order valence-electron chi connectivity index (χ3n) is 3.26. The Kier molecular flexibility index (Phi) is 3.81. The summed E-state index contributed by atoms with van der Waals surface area (Å²) in [5.41, 5.74) is -0.0292. The van der Waals surface area contributed by atoms with Gasteiger partial charge in [0.25, 0.3) is 11.5 Å². The molecule has 98 valence electrons. The summed E-state index contributed by atoms with van der Waals surface area (Å²) in [6, 6.07) is 3.29. The minimum atomic E-state index is -0.253. The highest BCUT2D eigenvalue weighted by atomic mass is 16.5. The molecule has 1 atom stereocenters. The van der Waals surface area contributed by atoms with E-state index in [-0.39, 0.29) is 17.0 Å². The molecule has 1 aliphatic rings. The maximum Gasteiger partial charge on any atom is 0.263 e. The number of rotatable bonds is 3. The predicted octanol–water partition coefficient (Wildman–Crippen LogP) is 0.494. The molecule has 1 saturated heterocycles. The van der Waals surface area contributed by atoms with Gasteiger partial charge in [-0.2, -0.15) is 0 Å². The van der Waals surface area contributed by atoms with Crippen molar-refractivity contribution in [2.75, 3.05) is 26.8 Å². The average Bonchev–Trinajstić information content (AvgIpc) is 2.84. The Morgan fingerprint density at radius 1 is 1.61 bits per heavy atom. The minimum absolute atomic E-state index is 0.219. The van der Waals surface area contributed by atoms with Crippen LogP contribution in [0.5, 0.6) is 0 Å². The monoisotopic (exact) mass is 250 g/mol. The summed E-state index contributed by atoms with van der Waals surface area (Å²) in [7, 11) is 3.37. The number of aryl methyl sites for hydroxylation is 1. The zero-order valence-electron chi connectivity index (χ0n) is 10.8. The molecule has 0 N–H and O–H groups in total. The maximum absolute atomic E-state index is 12.2. The van der Waals surface area contributed by atoms with E-state index in [0.717, 1.165) is 13.0 Å². The van der Waals surface area contributed by atoms with E-state index in [2.05, 4.69) is 0 Å². The van der Waals surface area contributed by atoms with Crippen molar-refractivity contribution in [3.63, 3.8) is 0 Å². The van der Waals surface area contributed by atoms with Gasteiger partial charge in [0.1, 0.15) is 5.56 Å². The summed E-state index contributed by atoms with van der Waals surface area (Å²) < 4.78 is 6.70. The molecule has 5 nitrogen and oxygen atoms in total. The molecule has 1 amide bonds. The molecule has 0 radical (unpaired) electrons. The SMILES string of the molecule is CN(CC1CCOC1)C(=O)c1cccn(C)c1=O. The zero-order chi connectivity index (χ0) is 13.1. The fourth-order valence-electron chi connectivity index (χ4n) is 2.16. The van der Waals surface area contributed by atoms with E-state index in [4.69, 9.17) is 4.74 Å². The fourth-order valence-corrected chi connectivity index (χ4v) is 2.16. The zero-order valence-corrected chi connectivity index (χ0v) is 10.8. The highest BCUT2D eigenvalue weighted by Crippen LogP contribution is 2.14. The summed E-state index contributed by atoms with van der Waals surface area (Å²) in [5, 5.41) is 0. The Labute approximate surface area is 106 Å². The largest absolute Gasteiger partial charge is 0.381 e. The van der Waals surface area contributed by atoms with Gasteiger partial charge >= 0.3 is 0 Å². The molecule has 2 heterocycles. The number of carbonyl (C=O) groups excluding carboxylic acids is 1. The van der Waals surface area contributed by atoms with E-state index in [1.165, 1.54) is 4.57 Å². The van der Waals surface area contributed by atoms with Crippen molar-refractivity contribution in [1.82, 2.24) is 9.47 Å². The van der Waals surface area contributed by atoms with E-state index >= 15 is 0 Å². The van der Waals surface area contributed by atoms with Crippen molar-refractivity contribution in [3.05, 3.63) is 34.2 Å². The standard InChI is InChI=1S/C13H18N2O3/c1-14-6-3-4-11(12(14)16)13(17)15(2)8-10-5-7-18-9-10/h3-4,6,10H,5,7-9H2,1-2H3. The number of aromatic nitrogens is 1.